The summed E-state index contributed by atoms with van der Waals surface area (Å²) in [6, 6.07) is 0.169. The molecule has 0 radical (unpaired) electrons. The second-order valence-corrected chi connectivity index (χ2v) is 7.95. The van der Waals surface area contributed by atoms with Crippen LogP contribution >= 0.6 is 0 Å². The molecule has 1 saturated carbocycles. The molecule has 0 aromatic rings. The molecular weight excluding hydrogens is 262 g/mol. The Labute approximate surface area is 128 Å². The fourth-order valence-corrected chi connectivity index (χ4v) is 3.59. The molecule has 0 aromatic heterocycles. The van der Waals surface area contributed by atoms with Gasteiger partial charge < -0.3 is 0 Å². The monoisotopic (exact) mass is 291 g/mol. The first-order valence-corrected chi connectivity index (χ1v) is 8.25. The zero-order valence-corrected chi connectivity index (χ0v) is 14.1. The van der Waals surface area contributed by atoms with Crippen molar-refractivity contribution in [3.8, 4) is 0 Å². The predicted octanol–water partition coefficient (Wildman–Crippen LogP) is 3.93. The van der Waals surface area contributed by atoms with Crippen molar-refractivity contribution in [2.45, 2.75) is 72.8 Å². The van der Waals surface area contributed by atoms with Gasteiger partial charge in [0.15, 0.2) is 0 Å². The summed E-state index contributed by atoms with van der Waals surface area (Å²) in [7, 11) is 0. The van der Waals surface area contributed by atoms with Crippen molar-refractivity contribution in [3.63, 3.8) is 0 Å². The molecule has 2 aliphatic rings. The Morgan fingerprint density at radius 2 is 1.81 bits per heavy atom. The SMILES string of the molecule is CC(C)=CC(C(=O)N1C(=O)C2CCCCCC21)C(C)(C)C. The van der Waals surface area contributed by atoms with E-state index in [-0.39, 0.29) is 35.1 Å². The average molecular weight is 291 g/mol. The zero-order valence-electron chi connectivity index (χ0n) is 14.1. The summed E-state index contributed by atoms with van der Waals surface area (Å²) in [5, 5.41) is 0. The molecule has 1 heterocycles. The van der Waals surface area contributed by atoms with Gasteiger partial charge in [-0.2, -0.15) is 0 Å². The molecule has 1 saturated heterocycles. The molecule has 2 amide bonds. The molecule has 3 heteroatoms. The van der Waals surface area contributed by atoms with Crippen LogP contribution in [0.25, 0.3) is 0 Å². The Kier molecular flexibility index (Phi) is 4.60. The highest BCUT2D eigenvalue weighted by Gasteiger charge is 2.52. The minimum atomic E-state index is -0.212. The van der Waals surface area contributed by atoms with Gasteiger partial charge in [0.05, 0.1) is 17.9 Å². The Morgan fingerprint density at radius 1 is 1.19 bits per heavy atom. The number of allylic oxidation sites excluding steroid dienone is 1. The lowest BCUT2D eigenvalue weighted by Gasteiger charge is -2.47. The standard InChI is InChI=1S/C18H29NO2/c1-12(2)11-14(18(3,4)5)17(21)19-15-10-8-6-7-9-13(15)16(19)20/h11,13-15H,6-10H2,1-5H3. The van der Waals surface area contributed by atoms with E-state index in [9.17, 15) is 9.59 Å². The number of carbonyl (C=O) groups is 2. The average Bonchev–Trinajstić information content (AvgIpc) is 2.56. The van der Waals surface area contributed by atoms with E-state index in [1.54, 1.807) is 4.90 Å². The van der Waals surface area contributed by atoms with Gasteiger partial charge >= 0.3 is 0 Å². The zero-order chi connectivity index (χ0) is 15.8. The Hall–Kier alpha value is -1.12. The van der Waals surface area contributed by atoms with Crippen LogP contribution in [0.3, 0.4) is 0 Å². The molecule has 1 aliphatic carbocycles. The van der Waals surface area contributed by atoms with Gasteiger partial charge in [-0.25, -0.2) is 0 Å². The smallest absolute Gasteiger partial charge is 0.236 e. The van der Waals surface area contributed by atoms with Crippen molar-refractivity contribution in [2.75, 3.05) is 0 Å². The molecule has 3 atom stereocenters. The van der Waals surface area contributed by atoms with E-state index < -0.39 is 0 Å². The van der Waals surface area contributed by atoms with Crippen molar-refractivity contribution in [1.29, 1.82) is 0 Å². The fourth-order valence-electron chi connectivity index (χ4n) is 3.59. The van der Waals surface area contributed by atoms with Crippen LogP contribution in [0.5, 0.6) is 0 Å². The summed E-state index contributed by atoms with van der Waals surface area (Å²) in [6.07, 6.45) is 7.45. The first kappa shape index (κ1) is 16.3. The number of carbonyl (C=O) groups excluding carboxylic acids is 2. The van der Waals surface area contributed by atoms with E-state index in [1.165, 1.54) is 6.42 Å². The second kappa shape index (κ2) is 5.94. The number of likely N-dealkylation sites (tertiary alicyclic amines) is 1. The lowest BCUT2D eigenvalue weighted by molar-refractivity contribution is -0.169. The summed E-state index contributed by atoms with van der Waals surface area (Å²) < 4.78 is 0. The first-order valence-electron chi connectivity index (χ1n) is 8.25. The largest absolute Gasteiger partial charge is 0.278 e. The summed E-state index contributed by atoms with van der Waals surface area (Å²) in [6.45, 7) is 10.2. The second-order valence-electron chi connectivity index (χ2n) is 7.95. The van der Waals surface area contributed by atoms with Crippen LogP contribution < -0.4 is 0 Å². The van der Waals surface area contributed by atoms with Crippen LogP contribution in [0.15, 0.2) is 11.6 Å². The van der Waals surface area contributed by atoms with Crippen LogP contribution in [0.2, 0.25) is 0 Å². The third kappa shape index (κ3) is 3.22. The van der Waals surface area contributed by atoms with Gasteiger partial charge in [-0.3, -0.25) is 14.5 Å². The van der Waals surface area contributed by atoms with Crippen molar-refractivity contribution in [2.24, 2.45) is 17.3 Å². The highest BCUT2D eigenvalue weighted by molar-refractivity contribution is 6.03. The minimum absolute atomic E-state index is 0.0110. The van der Waals surface area contributed by atoms with Crippen molar-refractivity contribution in [1.82, 2.24) is 4.90 Å². The quantitative estimate of drug-likeness (QED) is 0.571. The Bertz CT molecular complexity index is 454. The molecule has 0 spiro atoms. The normalized spacial score (nSPS) is 27.3. The van der Waals surface area contributed by atoms with Gasteiger partial charge in [0.25, 0.3) is 0 Å². The van der Waals surface area contributed by atoms with E-state index in [1.807, 2.05) is 19.9 Å². The number of nitrogens with zero attached hydrogens (tertiary/aromatic N) is 1. The maximum absolute atomic E-state index is 12.9. The van der Waals surface area contributed by atoms with Crippen LogP contribution in [0, 0.1) is 17.3 Å². The molecular formula is C18H29NO2. The first-order chi connectivity index (χ1) is 9.73. The topological polar surface area (TPSA) is 37.4 Å². The molecule has 3 nitrogen and oxygen atoms in total. The van der Waals surface area contributed by atoms with Crippen LogP contribution in [0.4, 0.5) is 0 Å². The van der Waals surface area contributed by atoms with E-state index >= 15 is 0 Å². The Morgan fingerprint density at radius 3 is 2.38 bits per heavy atom. The summed E-state index contributed by atoms with van der Waals surface area (Å²) in [5.41, 5.74) is 0.971. The minimum Gasteiger partial charge on any atom is -0.278 e. The molecule has 21 heavy (non-hydrogen) atoms. The molecule has 2 rings (SSSR count). The number of hydrogen-bond acceptors (Lipinski definition) is 2. The highest BCUT2D eigenvalue weighted by atomic mass is 16.2. The molecule has 3 unspecified atom stereocenters. The predicted molar refractivity (Wildman–Crippen MR) is 84.6 cm³/mol. The van der Waals surface area contributed by atoms with E-state index in [4.69, 9.17) is 0 Å². The van der Waals surface area contributed by atoms with Gasteiger partial charge in [-0.15, -0.1) is 0 Å². The molecule has 1 aliphatic heterocycles. The Balaban J connectivity index is 2.21. The number of hydrogen-bond donors (Lipinski definition) is 0. The fraction of sp³-hybridized carbons (Fsp3) is 0.778. The molecule has 118 valence electrons. The maximum Gasteiger partial charge on any atom is 0.236 e. The van der Waals surface area contributed by atoms with E-state index in [0.717, 1.165) is 31.3 Å². The summed E-state index contributed by atoms with van der Waals surface area (Å²) in [5.74, 6) is -0.0143. The maximum atomic E-state index is 12.9. The van der Waals surface area contributed by atoms with Gasteiger partial charge in [-0.1, -0.05) is 51.7 Å². The number of β-lactam (4-membered cyclic amide) rings is 1. The van der Waals surface area contributed by atoms with Gasteiger partial charge in [0.1, 0.15) is 0 Å². The van der Waals surface area contributed by atoms with Gasteiger partial charge in [-0.05, 0) is 32.1 Å². The van der Waals surface area contributed by atoms with Crippen molar-refractivity contribution < 1.29 is 9.59 Å². The molecule has 0 bridgehead atoms. The lowest BCUT2D eigenvalue weighted by Crippen LogP contribution is -2.64. The number of fused-ring (bicyclic) bond motifs is 1. The summed E-state index contributed by atoms with van der Waals surface area (Å²) in [4.78, 5) is 26.9. The van der Waals surface area contributed by atoms with Crippen LogP contribution in [-0.2, 0) is 9.59 Å². The van der Waals surface area contributed by atoms with E-state index in [2.05, 4.69) is 20.8 Å². The molecule has 0 aromatic carbocycles. The van der Waals surface area contributed by atoms with Gasteiger partial charge in [0, 0.05) is 0 Å². The number of amides is 2. The van der Waals surface area contributed by atoms with E-state index in [0.29, 0.717) is 0 Å². The third-order valence-corrected chi connectivity index (χ3v) is 4.80. The van der Waals surface area contributed by atoms with Gasteiger partial charge in [0.2, 0.25) is 11.8 Å². The highest BCUT2D eigenvalue weighted by Crippen LogP contribution is 2.40. The number of rotatable bonds is 2. The van der Waals surface area contributed by atoms with Crippen molar-refractivity contribution >= 4 is 11.8 Å². The molecule has 0 N–H and O–H groups in total. The van der Waals surface area contributed by atoms with Crippen LogP contribution in [0.1, 0.15) is 66.7 Å². The lowest BCUT2D eigenvalue weighted by atomic mass is 9.75. The third-order valence-electron chi connectivity index (χ3n) is 4.80. The molecule has 2 fully saturated rings. The summed E-state index contributed by atoms with van der Waals surface area (Å²) >= 11 is 0. The van der Waals surface area contributed by atoms with Crippen LogP contribution in [-0.4, -0.2) is 22.8 Å². The van der Waals surface area contributed by atoms with Crippen molar-refractivity contribution in [3.05, 3.63) is 11.6 Å². The number of imide groups is 1.